The summed E-state index contributed by atoms with van der Waals surface area (Å²) in [5.74, 6) is 8.55. The summed E-state index contributed by atoms with van der Waals surface area (Å²) < 4.78 is 0. The normalized spacial score (nSPS) is 20.6. The van der Waals surface area contributed by atoms with Gasteiger partial charge in [-0.1, -0.05) is 0 Å². The van der Waals surface area contributed by atoms with Crippen molar-refractivity contribution in [2.24, 2.45) is 11.8 Å². The number of hydrogen-bond acceptors (Lipinski definition) is 6. The largest absolute Gasteiger partial charge is 0.391 e. The van der Waals surface area contributed by atoms with Gasteiger partial charge in [0.2, 0.25) is 0 Å². The van der Waals surface area contributed by atoms with Gasteiger partial charge in [0.1, 0.15) is 17.5 Å². The molecular formula is C12H19N5O. The van der Waals surface area contributed by atoms with E-state index in [9.17, 15) is 5.11 Å². The second-order valence-electron chi connectivity index (χ2n) is 5.20. The van der Waals surface area contributed by atoms with Gasteiger partial charge in [0, 0.05) is 18.5 Å². The van der Waals surface area contributed by atoms with Crippen molar-refractivity contribution in [2.75, 3.05) is 17.3 Å². The van der Waals surface area contributed by atoms with Gasteiger partial charge in [0.05, 0.1) is 6.10 Å². The topological polar surface area (TPSA) is 96.1 Å². The predicted octanol–water partition coefficient (Wildman–Crippen LogP) is 0.822. The van der Waals surface area contributed by atoms with Crippen LogP contribution < -0.4 is 16.6 Å². The smallest absolute Gasteiger partial charge is 0.145 e. The molecular weight excluding hydrogens is 230 g/mol. The lowest BCUT2D eigenvalue weighted by Crippen LogP contribution is -2.22. The van der Waals surface area contributed by atoms with E-state index < -0.39 is 0 Å². The van der Waals surface area contributed by atoms with Crippen molar-refractivity contribution in [3.63, 3.8) is 0 Å². The van der Waals surface area contributed by atoms with Crippen molar-refractivity contribution in [3.05, 3.63) is 11.9 Å². The molecule has 0 aromatic carbocycles. The van der Waals surface area contributed by atoms with Crippen molar-refractivity contribution in [3.8, 4) is 0 Å². The number of aliphatic hydroxyl groups is 1. The van der Waals surface area contributed by atoms with Gasteiger partial charge < -0.3 is 15.8 Å². The zero-order valence-electron chi connectivity index (χ0n) is 10.3. The standard InChI is InChI=1S/C12H19N5O/c13-17-11-5-10(14-6-9(18)7-1-2-7)15-12(16-11)8-3-4-8/h5,7-9,18H,1-4,6,13H2,(H2,14,15,16,17). The predicted molar refractivity (Wildman–Crippen MR) is 69.0 cm³/mol. The van der Waals surface area contributed by atoms with Gasteiger partial charge in [-0.3, -0.25) is 0 Å². The summed E-state index contributed by atoms with van der Waals surface area (Å²) in [6.45, 7) is 0.537. The Kier molecular flexibility index (Phi) is 3.05. The van der Waals surface area contributed by atoms with E-state index in [1.807, 2.05) is 0 Å². The van der Waals surface area contributed by atoms with Crippen LogP contribution in [-0.2, 0) is 0 Å². The van der Waals surface area contributed by atoms with Crippen LogP contribution in [0.15, 0.2) is 6.07 Å². The molecule has 0 spiro atoms. The van der Waals surface area contributed by atoms with Gasteiger partial charge in [0.25, 0.3) is 0 Å². The molecule has 2 aliphatic rings. The summed E-state index contributed by atoms with van der Waals surface area (Å²) in [4.78, 5) is 8.80. The average Bonchev–Trinajstić information content (AvgIpc) is 3.26. The fourth-order valence-corrected chi connectivity index (χ4v) is 2.01. The fourth-order valence-electron chi connectivity index (χ4n) is 2.01. The summed E-state index contributed by atoms with van der Waals surface area (Å²) in [6.07, 6.45) is 4.29. The van der Waals surface area contributed by atoms with Gasteiger partial charge in [-0.15, -0.1) is 0 Å². The van der Waals surface area contributed by atoms with Crippen molar-refractivity contribution in [1.29, 1.82) is 0 Å². The van der Waals surface area contributed by atoms with E-state index in [1.165, 1.54) is 0 Å². The Balaban J connectivity index is 1.67. The second-order valence-corrected chi connectivity index (χ2v) is 5.20. The van der Waals surface area contributed by atoms with Crippen LogP contribution in [0.4, 0.5) is 11.6 Å². The fraction of sp³-hybridized carbons (Fsp3) is 0.667. The molecule has 0 radical (unpaired) electrons. The first-order valence-electron chi connectivity index (χ1n) is 6.54. The third-order valence-corrected chi connectivity index (χ3v) is 3.49. The maximum atomic E-state index is 9.82. The van der Waals surface area contributed by atoms with Crippen LogP contribution in [0.3, 0.4) is 0 Å². The molecule has 1 heterocycles. The highest BCUT2D eigenvalue weighted by Gasteiger charge is 2.30. The van der Waals surface area contributed by atoms with Crippen LogP contribution in [0.1, 0.15) is 37.4 Å². The third kappa shape index (κ3) is 2.70. The molecule has 1 aromatic heterocycles. The molecule has 0 amide bonds. The number of hydrogen-bond donors (Lipinski definition) is 4. The zero-order valence-corrected chi connectivity index (χ0v) is 10.3. The van der Waals surface area contributed by atoms with Crippen LogP contribution in [-0.4, -0.2) is 27.7 Å². The Morgan fingerprint density at radius 2 is 2.00 bits per heavy atom. The molecule has 0 saturated heterocycles. The summed E-state index contributed by atoms with van der Waals surface area (Å²) in [5, 5.41) is 13.0. The lowest BCUT2D eigenvalue weighted by Gasteiger charge is -2.12. The van der Waals surface area contributed by atoms with E-state index in [1.54, 1.807) is 6.07 Å². The minimum absolute atomic E-state index is 0.279. The van der Waals surface area contributed by atoms with Crippen molar-refractivity contribution >= 4 is 11.6 Å². The van der Waals surface area contributed by atoms with E-state index >= 15 is 0 Å². The van der Waals surface area contributed by atoms with Gasteiger partial charge in [-0.05, 0) is 31.6 Å². The van der Waals surface area contributed by atoms with Crippen molar-refractivity contribution in [2.45, 2.75) is 37.7 Å². The van der Waals surface area contributed by atoms with Crippen LogP contribution in [0, 0.1) is 5.92 Å². The van der Waals surface area contributed by atoms with E-state index in [4.69, 9.17) is 5.84 Å². The summed E-state index contributed by atoms with van der Waals surface area (Å²) in [7, 11) is 0. The molecule has 3 rings (SSSR count). The number of anilines is 2. The summed E-state index contributed by atoms with van der Waals surface area (Å²) in [6, 6.07) is 1.77. The molecule has 5 N–H and O–H groups in total. The average molecular weight is 249 g/mol. The quantitative estimate of drug-likeness (QED) is 0.440. The molecule has 18 heavy (non-hydrogen) atoms. The Labute approximate surface area is 106 Å². The van der Waals surface area contributed by atoms with Gasteiger partial charge in [-0.2, -0.15) is 0 Å². The molecule has 6 heteroatoms. The second kappa shape index (κ2) is 4.70. The number of aromatic nitrogens is 2. The number of hydrazine groups is 1. The first-order chi connectivity index (χ1) is 8.76. The number of aliphatic hydroxyl groups excluding tert-OH is 1. The molecule has 2 fully saturated rings. The minimum Gasteiger partial charge on any atom is -0.391 e. The molecule has 98 valence electrons. The summed E-state index contributed by atoms with van der Waals surface area (Å²) in [5.41, 5.74) is 2.56. The number of nitrogen functional groups attached to an aromatic ring is 1. The number of nitrogens with zero attached hydrogens (tertiary/aromatic N) is 2. The zero-order chi connectivity index (χ0) is 12.5. The van der Waals surface area contributed by atoms with Crippen LogP contribution in [0.2, 0.25) is 0 Å². The van der Waals surface area contributed by atoms with E-state index in [0.717, 1.165) is 37.3 Å². The number of nitrogens with one attached hydrogen (secondary N) is 2. The Morgan fingerprint density at radius 1 is 1.28 bits per heavy atom. The molecule has 1 aromatic rings. The summed E-state index contributed by atoms with van der Waals surface area (Å²) >= 11 is 0. The Morgan fingerprint density at radius 3 is 2.61 bits per heavy atom. The molecule has 6 nitrogen and oxygen atoms in total. The van der Waals surface area contributed by atoms with Gasteiger partial charge in [0.15, 0.2) is 0 Å². The van der Waals surface area contributed by atoms with Crippen LogP contribution >= 0.6 is 0 Å². The van der Waals surface area contributed by atoms with E-state index in [0.29, 0.717) is 24.2 Å². The van der Waals surface area contributed by atoms with Crippen LogP contribution in [0.25, 0.3) is 0 Å². The number of rotatable bonds is 6. The Bertz CT molecular complexity index is 430. The molecule has 0 aliphatic heterocycles. The first-order valence-corrected chi connectivity index (χ1v) is 6.54. The highest BCUT2D eigenvalue weighted by atomic mass is 16.3. The first kappa shape index (κ1) is 11.7. The maximum Gasteiger partial charge on any atom is 0.145 e. The van der Waals surface area contributed by atoms with Gasteiger partial charge in [-0.25, -0.2) is 15.8 Å². The molecule has 0 bridgehead atoms. The van der Waals surface area contributed by atoms with E-state index in [2.05, 4.69) is 20.7 Å². The third-order valence-electron chi connectivity index (χ3n) is 3.49. The SMILES string of the molecule is NNc1cc(NCC(O)C2CC2)nc(C2CC2)n1. The van der Waals surface area contributed by atoms with Crippen molar-refractivity contribution < 1.29 is 5.11 Å². The maximum absolute atomic E-state index is 9.82. The molecule has 1 unspecified atom stereocenters. The minimum atomic E-state index is -0.279. The highest BCUT2D eigenvalue weighted by molar-refractivity contribution is 5.47. The Hall–Kier alpha value is -1.40. The van der Waals surface area contributed by atoms with Crippen LogP contribution in [0.5, 0.6) is 0 Å². The molecule has 2 aliphatic carbocycles. The lowest BCUT2D eigenvalue weighted by atomic mass is 10.2. The molecule has 2 saturated carbocycles. The number of nitrogens with two attached hydrogens (primary N) is 1. The lowest BCUT2D eigenvalue weighted by molar-refractivity contribution is 0.164. The van der Waals surface area contributed by atoms with E-state index in [-0.39, 0.29) is 6.10 Å². The monoisotopic (exact) mass is 249 g/mol. The van der Waals surface area contributed by atoms with Gasteiger partial charge >= 0.3 is 0 Å². The highest BCUT2D eigenvalue weighted by Crippen LogP contribution is 2.38. The molecule has 1 atom stereocenters. The van der Waals surface area contributed by atoms with Crippen molar-refractivity contribution in [1.82, 2.24) is 9.97 Å².